The summed E-state index contributed by atoms with van der Waals surface area (Å²) < 4.78 is 18.7. The monoisotopic (exact) mass is 398 g/mol. The molecule has 1 aromatic carbocycles. The normalized spacial score (nSPS) is 21.6. The van der Waals surface area contributed by atoms with Gasteiger partial charge < -0.3 is 14.6 Å². The number of nitrogens with one attached hydrogen (secondary N) is 1. The van der Waals surface area contributed by atoms with Gasteiger partial charge in [0.05, 0.1) is 5.54 Å². The summed E-state index contributed by atoms with van der Waals surface area (Å²) in [6.07, 6.45) is 6.94. The molecule has 7 heteroatoms. The van der Waals surface area contributed by atoms with Crippen molar-refractivity contribution in [2.45, 2.75) is 43.6 Å². The molecular formula is C22H27FN4O2. The number of carbonyl (C=O) groups excluding carboxylic acids is 1. The molecule has 29 heavy (non-hydrogen) atoms. The zero-order valence-electron chi connectivity index (χ0n) is 16.6. The second kappa shape index (κ2) is 7.44. The molecule has 1 aliphatic heterocycles. The van der Waals surface area contributed by atoms with Gasteiger partial charge in [0, 0.05) is 44.3 Å². The number of hydrogen-bond acceptors (Lipinski definition) is 5. The van der Waals surface area contributed by atoms with Crippen LogP contribution in [0.15, 0.2) is 34.9 Å². The molecule has 1 N–H and O–H groups in total. The predicted molar refractivity (Wildman–Crippen MR) is 108 cm³/mol. The fourth-order valence-electron chi connectivity index (χ4n) is 4.26. The summed E-state index contributed by atoms with van der Waals surface area (Å²) in [5.41, 5.74) is 1.33. The van der Waals surface area contributed by atoms with Gasteiger partial charge in [-0.1, -0.05) is 6.42 Å². The number of anilines is 1. The highest BCUT2D eigenvalue weighted by Gasteiger charge is 2.46. The van der Waals surface area contributed by atoms with Crippen molar-refractivity contribution in [2.75, 3.05) is 37.6 Å². The molecule has 1 aromatic heterocycles. The third-order valence-electron chi connectivity index (χ3n) is 6.53. The van der Waals surface area contributed by atoms with Crippen LogP contribution in [0, 0.1) is 5.82 Å². The molecule has 2 aliphatic carbocycles. The van der Waals surface area contributed by atoms with Crippen molar-refractivity contribution in [3.63, 3.8) is 0 Å². The van der Waals surface area contributed by atoms with E-state index < -0.39 is 0 Å². The first-order valence-electron chi connectivity index (χ1n) is 10.6. The molecule has 0 bridgehead atoms. The molecular weight excluding hydrogens is 371 g/mol. The summed E-state index contributed by atoms with van der Waals surface area (Å²) >= 11 is 0. The van der Waals surface area contributed by atoms with E-state index >= 15 is 0 Å². The lowest BCUT2D eigenvalue weighted by molar-refractivity contribution is 0.0909. The Morgan fingerprint density at radius 3 is 2.52 bits per heavy atom. The van der Waals surface area contributed by atoms with Crippen molar-refractivity contribution < 1.29 is 13.6 Å². The van der Waals surface area contributed by atoms with E-state index in [-0.39, 0.29) is 17.3 Å². The standard InChI is InChI=1S/C22H27FN4O2/c23-17-4-6-18(7-5-17)27-12-10-26(11-13-27)15-22(8-9-22)25-20(28)19-14-29-21(24-19)16-2-1-3-16/h4-7,14,16H,1-3,8-13,15H2,(H,25,28). The molecule has 154 valence electrons. The third kappa shape index (κ3) is 4.01. The Morgan fingerprint density at radius 1 is 1.17 bits per heavy atom. The van der Waals surface area contributed by atoms with E-state index in [2.05, 4.69) is 20.1 Å². The minimum absolute atomic E-state index is 0.123. The first kappa shape index (κ1) is 18.6. The van der Waals surface area contributed by atoms with E-state index in [9.17, 15) is 9.18 Å². The highest BCUT2D eigenvalue weighted by Crippen LogP contribution is 2.38. The third-order valence-corrected chi connectivity index (χ3v) is 6.53. The molecule has 6 nitrogen and oxygen atoms in total. The number of oxazole rings is 1. The maximum Gasteiger partial charge on any atom is 0.273 e. The Morgan fingerprint density at radius 2 is 1.90 bits per heavy atom. The molecule has 3 fully saturated rings. The van der Waals surface area contributed by atoms with Crippen molar-refractivity contribution >= 4 is 11.6 Å². The van der Waals surface area contributed by atoms with Crippen LogP contribution in [0.2, 0.25) is 0 Å². The second-order valence-corrected chi connectivity index (χ2v) is 8.67. The van der Waals surface area contributed by atoms with Gasteiger partial charge in [-0.25, -0.2) is 9.37 Å². The zero-order chi connectivity index (χ0) is 19.8. The fraction of sp³-hybridized carbons (Fsp3) is 0.545. The van der Waals surface area contributed by atoms with Gasteiger partial charge in [-0.15, -0.1) is 0 Å². The van der Waals surface area contributed by atoms with Gasteiger partial charge >= 0.3 is 0 Å². The van der Waals surface area contributed by atoms with Crippen molar-refractivity contribution in [2.24, 2.45) is 0 Å². The Kier molecular flexibility index (Phi) is 4.78. The fourth-order valence-corrected chi connectivity index (χ4v) is 4.26. The topological polar surface area (TPSA) is 61.6 Å². The molecule has 2 saturated carbocycles. The minimum atomic E-state index is -0.203. The molecule has 2 heterocycles. The summed E-state index contributed by atoms with van der Waals surface area (Å²) in [5, 5.41) is 3.21. The predicted octanol–water partition coefficient (Wildman–Crippen LogP) is 3.17. The summed E-state index contributed by atoms with van der Waals surface area (Å²) in [6, 6.07) is 6.69. The molecule has 0 spiro atoms. The molecule has 1 saturated heterocycles. The van der Waals surface area contributed by atoms with Crippen LogP contribution in [-0.4, -0.2) is 54.1 Å². The van der Waals surface area contributed by atoms with Gasteiger partial charge in [0.15, 0.2) is 11.6 Å². The zero-order valence-corrected chi connectivity index (χ0v) is 16.6. The smallest absolute Gasteiger partial charge is 0.273 e. The Balaban J connectivity index is 1.13. The summed E-state index contributed by atoms with van der Waals surface area (Å²) in [4.78, 5) is 21.8. The Bertz CT molecular complexity index is 865. The van der Waals surface area contributed by atoms with Crippen molar-refractivity contribution in [3.8, 4) is 0 Å². The van der Waals surface area contributed by atoms with Crippen LogP contribution in [0.4, 0.5) is 10.1 Å². The van der Waals surface area contributed by atoms with Crippen LogP contribution in [0.5, 0.6) is 0 Å². The molecule has 5 rings (SSSR count). The molecule has 1 amide bonds. The number of piperazine rings is 1. The number of halogens is 1. The number of rotatable bonds is 6. The van der Waals surface area contributed by atoms with E-state index in [1.54, 1.807) is 0 Å². The number of benzene rings is 1. The van der Waals surface area contributed by atoms with Gasteiger partial charge in [-0.3, -0.25) is 9.69 Å². The maximum absolute atomic E-state index is 13.1. The molecule has 3 aliphatic rings. The van der Waals surface area contributed by atoms with Crippen molar-refractivity contribution in [1.82, 2.24) is 15.2 Å². The highest BCUT2D eigenvalue weighted by atomic mass is 19.1. The summed E-state index contributed by atoms with van der Waals surface area (Å²) in [5.74, 6) is 0.777. The number of nitrogens with zero attached hydrogens (tertiary/aromatic N) is 3. The van der Waals surface area contributed by atoms with Gasteiger partial charge in [0.2, 0.25) is 0 Å². The summed E-state index contributed by atoms with van der Waals surface area (Å²) in [7, 11) is 0. The first-order chi connectivity index (χ1) is 14.1. The lowest BCUT2D eigenvalue weighted by Gasteiger charge is -2.37. The van der Waals surface area contributed by atoms with E-state index in [4.69, 9.17) is 4.42 Å². The van der Waals surface area contributed by atoms with Gasteiger partial charge in [0.1, 0.15) is 12.1 Å². The van der Waals surface area contributed by atoms with Crippen molar-refractivity contribution in [3.05, 3.63) is 47.9 Å². The van der Waals surface area contributed by atoms with Crippen LogP contribution in [0.1, 0.15) is 54.4 Å². The highest BCUT2D eigenvalue weighted by molar-refractivity contribution is 5.92. The van der Waals surface area contributed by atoms with E-state index in [0.717, 1.165) is 64.1 Å². The number of carbonyl (C=O) groups is 1. The molecule has 0 unspecified atom stereocenters. The second-order valence-electron chi connectivity index (χ2n) is 8.67. The van der Waals surface area contributed by atoms with Gasteiger partial charge in [-0.2, -0.15) is 0 Å². The van der Waals surface area contributed by atoms with Crippen LogP contribution in [0.3, 0.4) is 0 Å². The van der Waals surface area contributed by atoms with Gasteiger partial charge in [-0.05, 0) is 49.9 Å². The average Bonchev–Trinajstić information content (AvgIpc) is 3.25. The minimum Gasteiger partial charge on any atom is -0.448 e. The van der Waals surface area contributed by atoms with Gasteiger partial charge in [0.25, 0.3) is 5.91 Å². The quantitative estimate of drug-likeness (QED) is 0.810. The largest absolute Gasteiger partial charge is 0.448 e. The molecule has 0 atom stereocenters. The Hall–Kier alpha value is -2.41. The van der Waals surface area contributed by atoms with Crippen LogP contribution >= 0.6 is 0 Å². The Labute approximate surface area is 170 Å². The SMILES string of the molecule is O=C(NC1(CN2CCN(c3ccc(F)cc3)CC2)CC1)c1coc(C2CCC2)n1. The number of hydrogen-bond donors (Lipinski definition) is 1. The molecule has 0 radical (unpaired) electrons. The van der Waals surface area contributed by atoms with Crippen LogP contribution in [-0.2, 0) is 0 Å². The van der Waals surface area contributed by atoms with E-state index in [0.29, 0.717) is 17.5 Å². The lowest BCUT2D eigenvalue weighted by atomic mass is 9.85. The maximum atomic E-state index is 13.1. The average molecular weight is 398 g/mol. The summed E-state index contributed by atoms with van der Waals surface area (Å²) in [6.45, 7) is 4.55. The van der Waals surface area contributed by atoms with Crippen LogP contribution in [0.25, 0.3) is 0 Å². The van der Waals surface area contributed by atoms with Crippen molar-refractivity contribution in [1.29, 1.82) is 0 Å². The molecule has 2 aromatic rings. The lowest BCUT2D eigenvalue weighted by Crippen LogP contribution is -2.52. The number of aromatic nitrogens is 1. The van der Waals surface area contributed by atoms with E-state index in [1.165, 1.54) is 24.8 Å². The number of amides is 1. The first-order valence-corrected chi connectivity index (χ1v) is 10.6. The van der Waals surface area contributed by atoms with Crippen LogP contribution < -0.4 is 10.2 Å². The van der Waals surface area contributed by atoms with E-state index in [1.807, 2.05) is 12.1 Å².